The van der Waals surface area contributed by atoms with Crippen molar-refractivity contribution >= 4 is 11.9 Å². The Kier molecular flexibility index (Phi) is 4.77. The van der Waals surface area contributed by atoms with Crippen molar-refractivity contribution < 1.29 is 14.7 Å². The molecule has 0 aliphatic carbocycles. The SMILES string of the molecule is Cc1cccc(CC(=O)N2CCC(CC(=O)O)CC2)c1. The van der Waals surface area contributed by atoms with Crippen molar-refractivity contribution in [2.45, 2.75) is 32.6 Å². The van der Waals surface area contributed by atoms with Crippen molar-refractivity contribution in [3.63, 3.8) is 0 Å². The minimum atomic E-state index is -0.741. The molecule has 1 N–H and O–H groups in total. The average Bonchev–Trinajstić information content (AvgIpc) is 2.38. The molecule has 4 heteroatoms. The number of likely N-dealkylation sites (tertiary alicyclic amines) is 1. The van der Waals surface area contributed by atoms with Gasteiger partial charge in [-0.1, -0.05) is 29.8 Å². The lowest BCUT2D eigenvalue weighted by atomic mass is 9.93. The summed E-state index contributed by atoms with van der Waals surface area (Å²) in [5, 5.41) is 8.78. The van der Waals surface area contributed by atoms with Gasteiger partial charge in [-0.05, 0) is 31.2 Å². The minimum absolute atomic E-state index is 0.143. The van der Waals surface area contributed by atoms with Crippen LogP contribution in [0.1, 0.15) is 30.4 Å². The zero-order chi connectivity index (χ0) is 14.5. The van der Waals surface area contributed by atoms with Gasteiger partial charge in [0, 0.05) is 19.5 Å². The molecule has 0 radical (unpaired) electrons. The van der Waals surface area contributed by atoms with Crippen LogP contribution < -0.4 is 0 Å². The van der Waals surface area contributed by atoms with Gasteiger partial charge in [0.05, 0.1) is 6.42 Å². The Morgan fingerprint density at radius 3 is 2.60 bits per heavy atom. The number of aryl methyl sites for hydroxylation is 1. The second-order valence-electron chi connectivity index (χ2n) is 5.59. The highest BCUT2D eigenvalue weighted by molar-refractivity contribution is 5.79. The van der Waals surface area contributed by atoms with Gasteiger partial charge in [-0.25, -0.2) is 0 Å². The second-order valence-corrected chi connectivity index (χ2v) is 5.59. The number of carboxylic acids is 1. The molecule has 0 bridgehead atoms. The van der Waals surface area contributed by atoms with Crippen LogP contribution in [-0.2, 0) is 16.0 Å². The van der Waals surface area contributed by atoms with E-state index in [1.54, 1.807) is 0 Å². The Balaban J connectivity index is 1.84. The number of aliphatic carboxylic acids is 1. The molecule has 1 aliphatic heterocycles. The monoisotopic (exact) mass is 275 g/mol. The molecule has 108 valence electrons. The Bertz CT molecular complexity index is 490. The predicted molar refractivity (Wildman–Crippen MR) is 76.4 cm³/mol. The van der Waals surface area contributed by atoms with Crippen LogP contribution >= 0.6 is 0 Å². The molecule has 1 saturated heterocycles. The standard InChI is InChI=1S/C16H21NO3/c1-12-3-2-4-14(9-12)10-15(18)17-7-5-13(6-8-17)11-16(19)20/h2-4,9,13H,5-8,10-11H2,1H3,(H,19,20). The lowest BCUT2D eigenvalue weighted by molar-refractivity contribution is -0.138. The lowest BCUT2D eigenvalue weighted by Gasteiger charge is -2.31. The van der Waals surface area contributed by atoms with Gasteiger partial charge in [-0.15, -0.1) is 0 Å². The number of benzene rings is 1. The number of amides is 1. The van der Waals surface area contributed by atoms with Crippen molar-refractivity contribution in [3.8, 4) is 0 Å². The van der Waals surface area contributed by atoms with E-state index in [9.17, 15) is 9.59 Å². The summed E-state index contributed by atoms with van der Waals surface area (Å²) in [5.74, 6) is -0.380. The molecule has 20 heavy (non-hydrogen) atoms. The van der Waals surface area contributed by atoms with Crippen LogP contribution in [0.15, 0.2) is 24.3 Å². The third kappa shape index (κ3) is 4.08. The summed E-state index contributed by atoms with van der Waals surface area (Å²) in [6, 6.07) is 8.00. The zero-order valence-corrected chi connectivity index (χ0v) is 11.8. The maximum atomic E-state index is 12.2. The number of hydrogen-bond acceptors (Lipinski definition) is 2. The Morgan fingerprint density at radius 1 is 1.30 bits per heavy atom. The van der Waals surface area contributed by atoms with Gasteiger partial charge in [-0.2, -0.15) is 0 Å². The fourth-order valence-corrected chi connectivity index (χ4v) is 2.74. The molecular formula is C16H21NO3. The molecule has 1 aromatic rings. The van der Waals surface area contributed by atoms with Gasteiger partial charge in [-0.3, -0.25) is 9.59 Å². The summed E-state index contributed by atoms with van der Waals surface area (Å²) in [7, 11) is 0. The fourth-order valence-electron chi connectivity index (χ4n) is 2.74. The molecule has 1 aromatic carbocycles. The van der Waals surface area contributed by atoms with E-state index in [2.05, 4.69) is 0 Å². The average molecular weight is 275 g/mol. The highest BCUT2D eigenvalue weighted by Gasteiger charge is 2.24. The Labute approximate surface area is 119 Å². The van der Waals surface area contributed by atoms with Crippen LogP contribution in [0.3, 0.4) is 0 Å². The van der Waals surface area contributed by atoms with Gasteiger partial charge >= 0.3 is 5.97 Å². The van der Waals surface area contributed by atoms with Crippen molar-refractivity contribution in [2.75, 3.05) is 13.1 Å². The number of carboxylic acid groups (broad SMARTS) is 1. The Morgan fingerprint density at radius 2 is 2.00 bits per heavy atom. The first-order chi connectivity index (χ1) is 9.54. The molecule has 0 saturated carbocycles. The van der Waals surface area contributed by atoms with Gasteiger partial charge in [0.15, 0.2) is 0 Å². The molecule has 1 heterocycles. The number of hydrogen-bond donors (Lipinski definition) is 1. The number of carbonyl (C=O) groups excluding carboxylic acids is 1. The van der Waals surface area contributed by atoms with Gasteiger partial charge in [0.2, 0.25) is 5.91 Å². The Hall–Kier alpha value is -1.84. The molecule has 4 nitrogen and oxygen atoms in total. The normalized spacial score (nSPS) is 16.1. The molecule has 1 fully saturated rings. The largest absolute Gasteiger partial charge is 0.481 e. The van der Waals surface area contributed by atoms with Crippen LogP contribution in [0, 0.1) is 12.8 Å². The molecule has 0 aromatic heterocycles. The fraction of sp³-hybridized carbons (Fsp3) is 0.500. The molecular weight excluding hydrogens is 254 g/mol. The topological polar surface area (TPSA) is 57.6 Å². The van der Waals surface area contributed by atoms with E-state index >= 15 is 0 Å². The van der Waals surface area contributed by atoms with Crippen LogP contribution in [0.25, 0.3) is 0 Å². The van der Waals surface area contributed by atoms with E-state index in [4.69, 9.17) is 5.11 Å². The molecule has 2 rings (SSSR count). The van der Waals surface area contributed by atoms with E-state index in [1.165, 1.54) is 0 Å². The van der Waals surface area contributed by atoms with Gasteiger partial charge in [0.1, 0.15) is 0 Å². The highest BCUT2D eigenvalue weighted by Crippen LogP contribution is 2.21. The van der Waals surface area contributed by atoms with Crippen LogP contribution in [0.2, 0.25) is 0 Å². The number of rotatable bonds is 4. The minimum Gasteiger partial charge on any atom is -0.481 e. The van der Waals surface area contributed by atoms with E-state index in [0.717, 1.165) is 24.0 Å². The van der Waals surface area contributed by atoms with E-state index in [-0.39, 0.29) is 18.2 Å². The van der Waals surface area contributed by atoms with Crippen molar-refractivity contribution in [3.05, 3.63) is 35.4 Å². The number of carbonyl (C=O) groups is 2. The first-order valence-corrected chi connectivity index (χ1v) is 7.09. The maximum absolute atomic E-state index is 12.2. The zero-order valence-electron chi connectivity index (χ0n) is 11.8. The number of nitrogens with zero attached hydrogens (tertiary/aromatic N) is 1. The predicted octanol–water partition coefficient (Wildman–Crippen LogP) is 2.25. The van der Waals surface area contributed by atoms with E-state index in [1.807, 2.05) is 36.1 Å². The quantitative estimate of drug-likeness (QED) is 0.917. The third-order valence-electron chi connectivity index (χ3n) is 3.87. The van der Waals surface area contributed by atoms with Crippen molar-refractivity contribution in [1.82, 2.24) is 4.90 Å². The maximum Gasteiger partial charge on any atom is 0.303 e. The smallest absolute Gasteiger partial charge is 0.303 e. The molecule has 0 atom stereocenters. The van der Waals surface area contributed by atoms with Crippen LogP contribution in [0.4, 0.5) is 0 Å². The highest BCUT2D eigenvalue weighted by atomic mass is 16.4. The summed E-state index contributed by atoms with van der Waals surface area (Å²) >= 11 is 0. The first-order valence-electron chi connectivity index (χ1n) is 7.09. The molecule has 0 spiro atoms. The number of piperidine rings is 1. The lowest BCUT2D eigenvalue weighted by Crippen LogP contribution is -2.39. The molecule has 1 amide bonds. The first kappa shape index (κ1) is 14.6. The summed E-state index contributed by atoms with van der Waals surface area (Å²) in [6.07, 6.45) is 2.25. The van der Waals surface area contributed by atoms with Crippen molar-refractivity contribution in [2.24, 2.45) is 5.92 Å². The molecule has 1 aliphatic rings. The molecule has 0 unspecified atom stereocenters. The summed E-state index contributed by atoms with van der Waals surface area (Å²) < 4.78 is 0. The van der Waals surface area contributed by atoms with Gasteiger partial charge < -0.3 is 10.0 Å². The summed E-state index contributed by atoms with van der Waals surface area (Å²) in [6.45, 7) is 3.39. The van der Waals surface area contributed by atoms with Gasteiger partial charge in [0.25, 0.3) is 0 Å². The van der Waals surface area contributed by atoms with Crippen LogP contribution in [0.5, 0.6) is 0 Å². The summed E-state index contributed by atoms with van der Waals surface area (Å²) in [5.41, 5.74) is 2.21. The second kappa shape index (κ2) is 6.55. The summed E-state index contributed by atoms with van der Waals surface area (Å²) in [4.78, 5) is 24.8. The van der Waals surface area contributed by atoms with Crippen molar-refractivity contribution in [1.29, 1.82) is 0 Å². The van der Waals surface area contributed by atoms with Crippen LogP contribution in [-0.4, -0.2) is 35.0 Å². The third-order valence-corrected chi connectivity index (χ3v) is 3.87. The van der Waals surface area contributed by atoms with E-state index < -0.39 is 5.97 Å². The van der Waals surface area contributed by atoms with E-state index in [0.29, 0.717) is 19.5 Å².